The molecule has 2 N–H and O–H groups in total. The van der Waals surface area contributed by atoms with Gasteiger partial charge < -0.3 is 20.1 Å². The van der Waals surface area contributed by atoms with Crippen LogP contribution in [-0.2, 0) is 0 Å². The fraction of sp³-hybridized carbons (Fsp3) is 0.462. The molecule has 0 spiro atoms. The van der Waals surface area contributed by atoms with Crippen LogP contribution in [0.4, 0.5) is 0 Å². The van der Waals surface area contributed by atoms with Gasteiger partial charge in [0, 0.05) is 23.7 Å². The first-order chi connectivity index (χ1) is 15.5. The van der Waals surface area contributed by atoms with E-state index >= 15 is 0 Å². The van der Waals surface area contributed by atoms with Gasteiger partial charge in [-0.15, -0.1) is 0 Å². The van der Waals surface area contributed by atoms with Crippen molar-refractivity contribution in [1.29, 1.82) is 0 Å². The van der Waals surface area contributed by atoms with Crippen molar-refractivity contribution in [3.8, 4) is 11.5 Å². The van der Waals surface area contributed by atoms with Gasteiger partial charge >= 0.3 is 0 Å². The molecule has 0 saturated heterocycles. The second-order valence-corrected chi connectivity index (χ2v) is 8.66. The zero-order valence-corrected chi connectivity index (χ0v) is 19.2. The first-order valence-electron chi connectivity index (χ1n) is 11.4. The van der Waals surface area contributed by atoms with E-state index in [2.05, 4.69) is 17.6 Å². The Morgan fingerprint density at radius 3 is 1.78 bits per heavy atom. The standard InChI is InChI=1S/C26H34N2O4/c1-18(28-26(30)22-10-14-24(32-3)15-11-22)16-19-4-6-20(7-5-19)17-27-25(29)21-8-12-23(31-2)13-9-21/h8-15,18-20H,4-7,16-17H2,1-3H3,(H,27,29)(H,28,30). The zero-order valence-electron chi connectivity index (χ0n) is 19.2. The average Bonchev–Trinajstić information content (AvgIpc) is 2.83. The maximum atomic E-state index is 12.5. The molecule has 0 aromatic heterocycles. The van der Waals surface area contributed by atoms with Crippen LogP contribution >= 0.6 is 0 Å². The molecular formula is C26H34N2O4. The number of ether oxygens (including phenoxy) is 2. The van der Waals surface area contributed by atoms with Crippen molar-refractivity contribution in [2.75, 3.05) is 20.8 Å². The van der Waals surface area contributed by atoms with Gasteiger partial charge in [-0.3, -0.25) is 9.59 Å². The van der Waals surface area contributed by atoms with Gasteiger partial charge in [0.15, 0.2) is 0 Å². The molecule has 1 atom stereocenters. The Kier molecular flexibility index (Phi) is 8.54. The van der Waals surface area contributed by atoms with Gasteiger partial charge in [-0.25, -0.2) is 0 Å². The normalized spacial score (nSPS) is 19.0. The number of nitrogens with one attached hydrogen (secondary N) is 2. The van der Waals surface area contributed by atoms with Crippen molar-refractivity contribution in [2.45, 2.75) is 45.1 Å². The Hall–Kier alpha value is -3.02. The van der Waals surface area contributed by atoms with Gasteiger partial charge in [-0.1, -0.05) is 12.8 Å². The molecule has 2 aromatic carbocycles. The highest BCUT2D eigenvalue weighted by atomic mass is 16.5. The summed E-state index contributed by atoms with van der Waals surface area (Å²) in [5.41, 5.74) is 1.30. The number of amides is 2. The van der Waals surface area contributed by atoms with Gasteiger partial charge in [0.05, 0.1) is 14.2 Å². The van der Waals surface area contributed by atoms with Crippen LogP contribution in [-0.4, -0.2) is 38.6 Å². The molecule has 1 unspecified atom stereocenters. The third kappa shape index (κ3) is 6.74. The molecule has 6 nitrogen and oxygen atoms in total. The van der Waals surface area contributed by atoms with Crippen molar-refractivity contribution >= 4 is 11.8 Å². The minimum atomic E-state index is -0.0462. The fourth-order valence-electron chi connectivity index (χ4n) is 4.36. The molecule has 2 aromatic rings. The van der Waals surface area contributed by atoms with Crippen molar-refractivity contribution in [3.05, 3.63) is 59.7 Å². The highest BCUT2D eigenvalue weighted by Gasteiger charge is 2.24. The quantitative estimate of drug-likeness (QED) is 0.607. The lowest BCUT2D eigenvalue weighted by Crippen LogP contribution is -2.35. The van der Waals surface area contributed by atoms with E-state index < -0.39 is 0 Å². The number of hydrogen-bond donors (Lipinski definition) is 2. The molecule has 0 radical (unpaired) electrons. The molecule has 2 amide bonds. The van der Waals surface area contributed by atoms with E-state index in [4.69, 9.17) is 9.47 Å². The SMILES string of the molecule is COc1ccc(C(=O)NCC2CCC(CC(C)NC(=O)c3ccc(OC)cc3)CC2)cc1. The van der Waals surface area contributed by atoms with E-state index in [-0.39, 0.29) is 17.9 Å². The van der Waals surface area contributed by atoms with Crippen LogP contribution < -0.4 is 20.1 Å². The molecule has 3 rings (SSSR count). The second-order valence-electron chi connectivity index (χ2n) is 8.66. The molecule has 0 bridgehead atoms. The van der Waals surface area contributed by atoms with Gasteiger partial charge in [0.1, 0.15) is 11.5 Å². The van der Waals surface area contributed by atoms with Crippen LogP contribution in [0.3, 0.4) is 0 Å². The molecule has 6 heteroatoms. The first-order valence-corrected chi connectivity index (χ1v) is 11.4. The summed E-state index contributed by atoms with van der Waals surface area (Å²) in [7, 11) is 3.22. The van der Waals surface area contributed by atoms with Crippen LogP contribution in [0.15, 0.2) is 48.5 Å². The lowest BCUT2D eigenvalue weighted by molar-refractivity contribution is 0.0931. The zero-order chi connectivity index (χ0) is 22.9. The average molecular weight is 439 g/mol. The van der Waals surface area contributed by atoms with Gasteiger partial charge in [0.25, 0.3) is 11.8 Å². The van der Waals surface area contributed by atoms with E-state index in [1.54, 1.807) is 62.8 Å². The number of hydrogen-bond acceptors (Lipinski definition) is 4. The maximum Gasteiger partial charge on any atom is 0.251 e. The second kappa shape index (κ2) is 11.6. The number of carbonyl (C=O) groups is 2. The lowest BCUT2D eigenvalue weighted by Gasteiger charge is -2.30. The maximum absolute atomic E-state index is 12.5. The van der Waals surface area contributed by atoms with Crippen molar-refractivity contribution < 1.29 is 19.1 Å². The number of methoxy groups -OCH3 is 2. The Balaban J connectivity index is 1.36. The molecule has 172 valence electrons. The van der Waals surface area contributed by atoms with Gasteiger partial charge in [-0.2, -0.15) is 0 Å². The summed E-state index contributed by atoms with van der Waals surface area (Å²) in [6.45, 7) is 2.78. The van der Waals surface area contributed by atoms with Crippen molar-refractivity contribution in [3.63, 3.8) is 0 Å². The Labute approximate surface area is 190 Å². The third-order valence-electron chi connectivity index (χ3n) is 6.29. The Morgan fingerprint density at radius 2 is 1.28 bits per heavy atom. The van der Waals surface area contributed by atoms with Gasteiger partial charge in [-0.05, 0) is 86.6 Å². The smallest absolute Gasteiger partial charge is 0.251 e. The molecule has 32 heavy (non-hydrogen) atoms. The van der Waals surface area contributed by atoms with Crippen molar-refractivity contribution in [1.82, 2.24) is 10.6 Å². The Morgan fingerprint density at radius 1 is 0.812 bits per heavy atom. The summed E-state index contributed by atoms with van der Waals surface area (Å²) in [5.74, 6) is 2.52. The fourth-order valence-corrected chi connectivity index (χ4v) is 4.36. The Bertz CT molecular complexity index is 872. The largest absolute Gasteiger partial charge is 0.497 e. The minimum absolute atomic E-state index is 0.0374. The molecular weight excluding hydrogens is 404 g/mol. The predicted octanol–water partition coefficient (Wildman–Crippen LogP) is 4.45. The molecule has 1 aliphatic carbocycles. The minimum Gasteiger partial charge on any atom is -0.497 e. The number of rotatable bonds is 9. The topological polar surface area (TPSA) is 76.7 Å². The summed E-state index contributed by atoms with van der Waals surface area (Å²) in [5, 5.41) is 6.18. The van der Waals surface area contributed by atoms with Crippen molar-refractivity contribution in [2.24, 2.45) is 11.8 Å². The summed E-state index contributed by atoms with van der Waals surface area (Å²) in [6, 6.07) is 14.5. The van der Waals surface area contributed by atoms with Crippen LogP contribution in [0.5, 0.6) is 11.5 Å². The van der Waals surface area contributed by atoms with E-state index in [1.807, 2.05) is 0 Å². The molecule has 0 heterocycles. The summed E-state index contributed by atoms with van der Waals surface area (Å²) < 4.78 is 10.3. The highest BCUT2D eigenvalue weighted by Crippen LogP contribution is 2.31. The number of benzene rings is 2. The van der Waals surface area contributed by atoms with Crippen LogP contribution in [0.1, 0.15) is 59.7 Å². The predicted molar refractivity (Wildman–Crippen MR) is 125 cm³/mol. The summed E-state index contributed by atoms with van der Waals surface area (Å²) in [6.07, 6.45) is 5.45. The third-order valence-corrected chi connectivity index (χ3v) is 6.29. The number of carbonyl (C=O) groups excluding carboxylic acids is 2. The molecule has 0 aliphatic heterocycles. The van der Waals surface area contributed by atoms with E-state index in [0.29, 0.717) is 29.5 Å². The lowest BCUT2D eigenvalue weighted by atomic mass is 9.79. The van der Waals surface area contributed by atoms with E-state index in [0.717, 1.165) is 43.6 Å². The van der Waals surface area contributed by atoms with E-state index in [9.17, 15) is 9.59 Å². The molecule has 1 fully saturated rings. The first kappa shape index (κ1) is 23.6. The van der Waals surface area contributed by atoms with Crippen LogP contribution in [0, 0.1) is 11.8 Å². The van der Waals surface area contributed by atoms with Gasteiger partial charge in [0.2, 0.25) is 0 Å². The molecule has 1 saturated carbocycles. The summed E-state index contributed by atoms with van der Waals surface area (Å²) in [4.78, 5) is 24.8. The molecule has 1 aliphatic rings. The summed E-state index contributed by atoms with van der Waals surface area (Å²) >= 11 is 0. The van der Waals surface area contributed by atoms with E-state index in [1.165, 1.54) is 0 Å². The highest BCUT2D eigenvalue weighted by molar-refractivity contribution is 5.94. The van der Waals surface area contributed by atoms with Crippen LogP contribution in [0.2, 0.25) is 0 Å². The van der Waals surface area contributed by atoms with Crippen LogP contribution in [0.25, 0.3) is 0 Å². The monoisotopic (exact) mass is 438 g/mol.